The molecule has 12 heteroatoms. The van der Waals surface area contributed by atoms with E-state index in [0.29, 0.717) is 22.8 Å². The lowest BCUT2D eigenvalue weighted by atomic mass is 9.93. The molecule has 0 aliphatic rings. The number of benzene rings is 1. The third-order valence-electron chi connectivity index (χ3n) is 6.24. The van der Waals surface area contributed by atoms with E-state index in [1.807, 2.05) is 67.8 Å². The molecule has 1 N–H and O–H groups in total. The summed E-state index contributed by atoms with van der Waals surface area (Å²) in [6, 6.07) is 13.2. The van der Waals surface area contributed by atoms with Gasteiger partial charge in [0.25, 0.3) is 0 Å². The fraction of sp³-hybridized carbons (Fsp3) is 0.259. The molecule has 5 aromatic rings. The number of nitrogens with zero attached hydrogens (tertiary/aromatic N) is 6. The molecule has 0 fully saturated rings. The number of anilines is 1. The summed E-state index contributed by atoms with van der Waals surface area (Å²) < 4.78 is 34.0. The number of carbonyl (C=O) groups excluding carboxylic acids is 1. The Kier molecular flexibility index (Phi) is 6.60. The van der Waals surface area contributed by atoms with E-state index < -0.39 is 10.2 Å². The van der Waals surface area contributed by atoms with Crippen molar-refractivity contribution in [2.75, 3.05) is 19.4 Å². The summed E-state index contributed by atoms with van der Waals surface area (Å²) in [6.07, 6.45) is 6.85. The van der Waals surface area contributed by atoms with E-state index in [-0.39, 0.29) is 17.7 Å². The Hall–Kier alpha value is -4.29. The Morgan fingerprint density at radius 1 is 1.03 bits per heavy atom. The Morgan fingerprint density at radius 3 is 2.44 bits per heavy atom. The number of imidazole rings is 1. The molecule has 0 spiro atoms. The van der Waals surface area contributed by atoms with Crippen LogP contribution < -0.4 is 5.32 Å². The summed E-state index contributed by atoms with van der Waals surface area (Å²) in [6.45, 7) is 6.04. The predicted molar refractivity (Wildman–Crippen MR) is 147 cm³/mol. The van der Waals surface area contributed by atoms with Crippen molar-refractivity contribution in [3.63, 3.8) is 0 Å². The Labute approximate surface area is 226 Å². The average Bonchev–Trinajstić information content (AvgIpc) is 3.63. The van der Waals surface area contributed by atoms with Gasteiger partial charge in [0.05, 0.1) is 30.7 Å². The van der Waals surface area contributed by atoms with Crippen molar-refractivity contribution in [1.82, 2.24) is 28.0 Å². The van der Waals surface area contributed by atoms with E-state index in [0.717, 1.165) is 30.8 Å². The Morgan fingerprint density at radius 2 is 1.77 bits per heavy atom. The minimum atomic E-state index is -3.68. The number of hydrogen-bond donors (Lipinski definition) is 1. The number of carbonyl (C=O) groups is 1. The number of aromatic nitrogens is 5. The second kappa shape index (κ2) is 9.79. The van der Waals surface area contributed by atoms with Crippen LogP contribution in [-0.4, -0.2) is 56.5 Å². The maximum absolute atomic E-state index is 12.5. The van der Waals surface area contributed by atoms with Crippen LogP contribution >= 0.6 is 0 Å². The van der Waals surface area contributed by atoms with Crippen molar-refractivity contribution < 1.29 is 17.7 Å². The van der Waals surface area contributed by atoms with Gasteiger partial charge in [0.1, 0.15) is 11.4 Å². The minimum absolute atomic E-state index is 0.180. The number of fused-ring (bicyclic) bond motifs is 1. The van der Waals surface area contributed by atoms with Crippen LogP contribution in [-0.2, 0) is 26.8 Å². The highest BCUT2D eigenvalue weighted by atomic mass is 32.2. The Bertz CT molecular complexity index is 1760. The average molecular weight is 548 g/mol. The van der Waals surface area contributed by atoms with E-state index in [9.17, 15) is 13.2 Å². The number of pyridine rings is 1. The van der Waals surface area contributed by atoms with Gasteiger partial charge >= 0.3 is 10.2 Å². The maximum atomic E-state index is 12.5. The highest BCUT2D eigenvalue weighted by molar-refractivity contribution is 7.87. The largest absolute Gasteiger partial charge is 0.359 e. The molecule has 11 nitrogen and oxygen atoms in total. The van der Waals surface area contributed by atoms with Crippen LogP contribution in [0.25, 0.3) is 28.0 Å². The van der Waals surface area contributed by atoms with Crippen molar-refractivity contribution in [3.05, 3.63) is 78.6 Å². The normalized spacial score (nSPS) is 12.4. The summed E-state index contributed by atoms with van der Waals surface area (Å²) in [5.74, 6) is 0.925. The molecule has 0 radical (unpaired) electrons. The van der Waals surface area contributed by atoms with Gasteiger partial charge in [-0.15, -0.1) is 0 Å². The van der Waals surface area contributed by atoms with Gasteiger partial charge in [0, 0.05) is 42.9 Å². The quantitative estimate of drug-likeness (QED) is 0.326. The monoisotopic (exact) mass is 547 g/mol. The zero-order chi connectivity index (χ0) is 27.9. The van der Waals surface area contributed by atoms with E-state index in [1.54, 1.807) is 12.3 Å². The van der Waals surface area contributed by atoms with Gasteiger partial charge in [-0.1, -0.05) is 50.2 Å². The third kappa shape index (κ3) is 5.33. The van der Waals surface area contributed by atoms with Crippen molar-refractivity contribution >= 4 is 27.6 Å². The standard InChI is InChI=1S/C27H29N7O4S/c1-27(2,3)23-14-24(31-38-23)30-26(35)12-18-6-8-19(9-7-18)22-16-28-25-13-20(10-11-33(22)25)21-15-29-34(17-21)39(36,37)32(4)5/h6-11,13-17H,12H2,1-5H3,(H,30,31,35). The molecule has 1 aromatic carbocycles. The first-order valence-electron chi connectivity index (χ1n) is 12.2. The van der Waals surface area contributed by atoms with Gasteiger partial charge in [-0.05, 0) is 23.3 Å². The van der Waals surface area contributed by atoms with Crippen molar-refractivity contribution in [3.8, 4) is 22.4 Å². The summed E-state index contributed by atoms with van der Waals surface area (Å²) >= 11 is 0. The van der Waals surface area contributed by atoms with Crippen LogP contribution in [0.1, 0.15) is 32.1 Å². The summed E-state index contributed by atoms with van der Waals surface area (Å²) in [5, 5.41) is 10.7. The number of amides is 1. The number of nitrogens with one attached hydrogen (secondary N) is 1. The van der Waals surface area contributed by atoms with E-state index in [2.05, 4.69) is 20.6 Å². The van der Waals surface area contributed by atoms with Crippen molar-refractivity contribution in [1.29, 1.82) is 0 Å². The molecule has 0 aliphatic carbocycles. The van der Waals surface area contributed by atoms with Crippen LogP contribution in [0.3, 0.4) is 0 Å². The fourth-order valence-corrected chi connectivity index (χ4v) is 4.72. The second-order valence-corrected chi connectivity index (χ2v) is 12.4. The van der Waals surface area contributed by atoms with Crippen LogP contribution in [0.15, 0.2) is 71.8 Å². The smallest absolute Gasteiger partial charge is 0.322 e. The van der Waals surface area contributed by atoms with Crippen LogP contribution in [0, 0.1) is 0 Å². The molecule has 0 atom stereocenters. The van der Waals surface area contributed by atoms with Crippen LogP contribution in [0.2, 0.25) is 0 Å². The number of rotatable bonds is 7. The number of hydrogen-bond acceptors (Lipinski definition) is 7. The van der Waals surface area contributed by atoms with Crippen LogP contribution in [0.5, 0.6) is 0 Å². The van der Waals surface area contributed by atoms with Gasteiger partial charge in [0.15, 0.2) is 5.82 Å². The SMILES string of the molecule is CN(C)S(=O)(=O)n1cc(-c2ccn3c(-c4ccc(CC(=O)Nc5cc(C(C)(C)C)on5)cc4)cnc3c2)cn1. The molecule has 4 aromatic heterocycles. The topological polar surface area (TPSA) is 128 Å². The lowest BCUT2D eigenvalue weighted by Crippen LogP contribution is -2.29. The molecule has 0 saturated carbocycles. The molecule has 5 rings (SSSR count). The van der Waals surface area contributed by atoms with Gasteiger partial charge in [-0.2, -0.15) is 21.9 Å². The molecular formula is C27H29N7O4S. The first-order chi connectivity index (χ1) is 18.4. The van der Waals surface area contributed by atoms with Gasteiger partial charge < -0.3 is 9.84 Å². The third-order valence-corrected chi connectivity index (χ3v) is 7.83. The van der Waals surface area contributed by atoms with Crippen LogP contribution in [0.4, 0.5) is 5.82 Å². The van der Waals surface area contributed by atoms with Gasteiger partial charge in [-0.3, -0.25) is 9.20 Å². The lowest BCUT2D eigenvalue weighted by molar-refractivity contribution is -0.115. The molecular weight excluding hydrogens is 518 g/mol. The summed E-state index contributed by atoms with van der Waals surface area (Å²) in [5.41, 5.74) is 4.65. The van der Waals surface area contributed by atoms with Crippen molar-refractivity contribution in [2.45, 2.75) is 32.6 Å². The molecule has 39 heavy (non-hydrogen) atoms. The molecule has 1 amide bonds. The first-order valence-corrected chi connectivity index (χ1v) is 13.6. The summed E-state index contributed by atoms with van der Waals surface area (Å²) in [4.78, 5) is 17.1. The minimum Gasteiger partial charge on any atom is -0.359 e. The molecule has 202 valence electrons. The maximum Gasteiger partial charge on any atom is 0.322 e. The first kappa shape index (κ1) is 26.3. The fourth-order valence-electron chi connectivity index (χ4n) is 3.97. The Balaban J connectivity index is 1.30. The molecule has 0 unspecified atom stereocenters. The van der Waals surface area contributed by atoms with E-state index in [1.165, 1.54) is 26.5 Å². The van der Waals surface area contributed by atoms with Gasteiger partial charge in [-0.25, -0.2) is 4.98 Å². The molecule has 0 saturated heterocycles. The van der Waals surface area contributed by atoms with E-state index >= 15 is 0 Å². The lowest BCUT2D eigenvalue weighted by Gasteiger charge is -2.12. The predicted octanol–water partition coefficient (Wildman–Crippen LogP) is 3.99. The van der Waals surface area contributed by atoms with Crippen molar-refractivity contribution in [2.24, 2.45) is 0 Å². The molecule has 0 bridgehead atoms. The zero-order valence-electron chi connectivity index (χ0n) is 22.3. The highest BCUT2D eigenvalue weighted by Gasteiger charge is 2.21. The second-order valence-electron chi connectivity index (χ2n) is 10.4. The zero-order valence-corrected chi connectivity index (χ0v) is 23.1. The molecule has 0 aliphatic heterocycles. The molecule has 4 heterocycles. The highest BCUT2D eigenvalue weighted by Crippen LogP contribution is 2.27. The van der Waals surface area contributed by atoms with Gasteiger partial charge in [0.2, 0.25) is 5.91 Å². The van der Waals surface area contributed by atoms with E-state index in [4.69, 9.17) is 4.52 Å². The summed E-state index contributed by atoms with van der Waals surface area (Å²) in [7, 11) is -0.773.